The van der Waals surface area contributed by atoms with Gasteiger partial charge in [0.05, 0.1) is 27.1 Å². The topological polar surface area (TPSA) is 116 Å². The standard InChI is InChI=1S/C23H27ClN8O2S/c24-16-12-26-19(27-13-16)15-2-8-31(9-3-15)21-28-17-4-11-35(34)18(17)20(29-21)30-23(5-1-6-23)14-32-10-7-25-22(32)33/h2,12-13H,1,3-11,14H2,(H,25,33)(H,28,29,30). The van der Waals surface area contributed by atoms with Crippen LogP contribution in [0, 0.1) is 0 Å². The quantitative estimate of drug-likeness (QED) is 0.603. The van der Waals surface area contributed by atoms with Gasteiger partial charge in [0.15, 0.2) is 5.82 Å². The van der Waals surface area contributed by atoms with Crippen LogP contribution >= 0.6 is 11.6 Å². The molecule has 0 spiro atoms. The van der Waals surface area contributed by atoms with E-state index in [0.29, 0.717) is 61.0 Å². The molecule has 10 nitrogen and oxygen atoms in total. The largest absolute Gasteiger partial charge is 0.362 e. The van der Waals surface area contributed by atoms with E-state index in [1.165, 1.54) is 0 Å². The third-order valence-corrected chi connectivity index (χ3v) is 8.86. The molecule has 1 saturated heterocycles. The van der Waals surface area contributed by atoms with Gasteiger partial charge in [-0.25, -0.2) is 19.7 Å². The van der Waals surface area contributed by atoms with Crippen molar-refractivity contribution in [2.24, 2.45) is 0 Å². The monoisotopic (exact) mass is 514 g/mol. The third-order valence-electron chi connectivity index (χ3n) is 7.21. The average molecular weight is 515 g/mol. The molecule has 2 fully saturated rings. The molecule has 1 unspecified atom stereocenters. The Hall–Kier alpha value is -2.79. The molecule has 12 heteroatoms. The first kappa shape index (κ1) is 22.7. The van der Waals surface area contributed by atoms with Gasteiger partial charge in [-0.15, -0.1) is 0 Å². The van der Waals surface area contributed by atoms with E-state index in [9.17, 15) is 9.00 Å². The molecule has 0 bridgehead atoms. The van der Waals surface area contributed by atoms with Crippen molar-refractivity contribution in [3.63, 3.8) is 0 Å². The summed E-state index contributed by atoms with van der Waals surface area (Å²) in [5.74, 6) is 2.57. The number of halogens is 1. The summed E-state index contributed by atoms with van der Waals surface area (Å²) in [5.41, 5.74) is 1.70. The summed E-state index contributed by atoms with van der Waals surface area (Å²) in [7, 11) is -1.12. The highest BCUT2D eigenvalue weighted by Gasteiger charge is 2.42. The van der Waals surface area contributed by atoms with Gasteiger partial charge in [-0.05, 0) is 31.3 Å². The number of rotatable bonds is 6. The fourth-order valence-corrected chi connectivity index (χ4v) is 6.55. The second-order valence-corrected chi connectivity index (χ2v) is 11.5. The van der Waals surface area contributed by atoms with E-state index < -0.39 is 10.8 Å². The fraction of sp³-hybridized carbons (Fsp3) is 0.522. The fourth-order valence-electron chi connectivity index (χ4n) is 5.15. The number of urea groups is 1. The van der Waals surface area contributed by atoms with Crippen molar-refractivity contribution in [2.45, 2.75) is 42.5 Å². The number of amides is 2. The summed E-state index contributed by atoms with van der Waals surface area (Å²) in [6, 6.07) is -0.0177. The van der Waals surface area contributed by atoms with E-state index >= 15 is 0 Å². The predicted octanol–water partition coefficient (Wildman–Crippen LogP) is 2.24. The molecule has 3 aliphatic heterocycles. The van der Waals surface area contributed by atoms with E-state index in [1.54, 1.807) is 12.4 Å². The molecule has 1 aliphatic carbocycles. The molecule has 2 N–H and O–H groups in total. The van der Waals surface area contributed by atoms with Gasteiger partial charge < -0.3 is 20.4 Å². The van der Waals surface area contributed by atoms with Crippen LogP contribution in [-0.4, -0.2) is 79.1 Å². The first-order chi connectivity index (χ1) is 17.0. The molecule has 184 valence electrons. The number of carbonyl (C=O) groups is 1. The van der Waals surface area contributed by atoms with E-state index in [1.807, 2.05) is 4.90 Å². The maximum Gasteiger partial charge on any atom is 0.317 e. The van der Waals surface area contributed by atoms with Gasteiger partial charge >= 0.3 is 6.03 Å². The van der Waals surface area contributed by atoms with E-state index in [2.05, 4.69) is 31.6 Å². The van der Waals surface area contributed by atoms with Crippen LogP contribution in [0.2, 0.25) is 5.02 Å². The Balaban J connectivity index is 1.26. The van der Waals surface area contributed by atoms with Crippen molar-refractivity contribution in [3.8, 4) is 0 Å². The maximum absolute atomic E-state index is 12.9. The lowest BCUT2D eigenvalue weighted by Gasteiger charge is -2.45. The van der Waals surface area contributed by atoms with Gasteiger partial charge in [0.25, 0.3) is 0 Å². The Morgan fingerprint density at radius 3 is 2.66 bits per heavy atom. The molecule has 35 heavy (non-hydrogen) atoms. The SMILES string of the molecule is O=C1NCCN1CC1(Nc2nc(N3CC=C(c4ncc(Cl)cn4)CC3)nc3c2S(=O)CC3)CCC1. The predicted molar refractivity (Wildman–Crippen MR) is 134 cm³/mol. The van der Waals surface area contributed by atoms with Crippen molar-refractivity contribution in [3.05, 3.63) is 35.0 Å². The Labute approximate surface area is 211 Å². The number of anilines is 2. The number of nitrogens with one attached hydrogen (secondary N) is 2. The van der Waals surface area contributed by atoms with Crippen LogP contribution in [0.4, 0.5) is 16.6 Å². The summed E-state index contributed by atoms with van der Waals surface area (Å²) in [4.78, 5) is 35.3. The molecule has 5 heterocycles. The Morgan fingerprint density at radius 2 is 2.00 bits per heavy atom. The highest BCUT2D eigenvalue weighted by molar-refractivity contribution is 7.85. The van der Waals surface area contributed by atoms with Crippen molar-refractivity contribution >= 4 is 45.8 Å². The van der Waals surface area contributed by atoms with Crippen LogP contribution in [-0.2, 0) is 17.2 Å². The van der Waals surface area contributed by atoms with Crippen molar-refractivity contribution in [1.29, 1.82) is 0 Å². The van der Waals surface area contributed by atoms with Crippen LogP contribution in [0.1, 0.15) is 37.2 Å². The number of hydrogen-bond acceptors (Lipinski definition) is 8. The maximum atomic E-state index is 12.9. The molecule has 6 rings (SSSR count). The summed E-state index contributed by atoms with van der Waals surface area (Å²) >= 11 is 5.92. The Bertz CT molecular complexity index is 1220. The number of hydrogen-bond donors (Lipinski definition) is 2. The van der Waals surface area contributed by atoms with Gasteiger partial charge in [-0.3, -0.25) is 4.21 Å². The van der Waals surface area contributed by atoms with Gasteiger partial charge in [-0.1, -0.05) is 17.7 Å². The lowest BCUT2D eigenvalue weighted by molar-refractivity contribution is 0.177. The zero-order valence-corrected chi connectivity index (χ0v) is 20.9. The summed E-state index contributed by atoms with van der Waals surface area (Å²) in [6.45, 7) is 3.38. The molecule has 4 aliphatic rings. The van der Waals surface area contributed by atoms with Crippen molar-refractivity contribution in [1.82, 2.24) is 30.2 Å². The molecule has 0 radical (unpaired) electrons. The van der Waals surface area contributed by atoms with E-state index in [-0.39, 0.29) is 11.6 Å². The average Bonchev–Trinajstić information content (AvgIpc) is 3.43. The molecule has 0 aromatic carbocycles. The Kier molecular flexibility index (Phi) is 5.84. The van der Waals surface area contributed by atoms with Crippen molar-refractivity contribution in [2.75, 3.05) is 48.7 Å². The highest BCUT2D eigenvalue weighted by atomic mass is 35.5. The number of nitrogens with zero attached hydrogens (tertiary/aromatic N) is 6. The molecule has 2 amide bonds. The highest BCUT2D eigenvalue weighted by Crippen LogP contribution is 2.39. The second kappa shape index (κ2) is 9.02. The minimum Gasteiger partial charge on any atom is -0.362 e. The smallest absolute Gasteiger partial charge is 0.317 e. The van der Waals surface area contributed by atoms with Gasteiger partial charge in [-0.2, -0.15) is 4.98 Å². The van der Waals surface area contributed by atoms with Gasteiger partial charge in [0.1, 0.15) is 10.7 Å². The van der Waals surface area contributed by atoms with E-state index in [4.69, 9.17) is 21.6 Å². The second-order valence-electron chi connectivity index (χ2n) is 9.51. The number of aromatic nitrogens is 4. The number of fused-ring (bicyclic) bond motifs is 1. The zero-order chi connectivity index (χ0) is 24.0. The van der Waals surface area contributed by atoms with Gasteiger partial charge in [0.2, 0.25) is 5.95 Å². The molecule has 1 atom stereocenters. The first-order valence-electron chi connectivity index (χ1n) is 12.0. The van der Waals surface area contributed by atoms with Crippen LogP contribution in [0.25, 0.3) is 5.57 Å². The third kappa shape index (κ3) is 4.35. The van der Waals surface area contributed by atoms with Crippen LogP contribution in [0.3, 0.4) is 0 Å². The van der Waals surface area contributed by atoms with Crippen LogP contribution in [0.15, 0.2) is 23.4 Å². The van der Waals surface area contributed by atoms with Crippen molar-refractivity contribution < 1.29 is 9.00 Å². The molecular weight excluding hydrogens is 488 g/mol. The summed E-state index contributed by atoms with van der Waals surface area (Å²) in [6.07, 6.45) is 9.78. The number of carbonyl (C=O) groups excluding carboxylic acids is 1. The minimum absolute atomic E-state index is 0.0177. The van der Waals surface area contributed by atoms with E-state index in [0.717, 1.165) is 48.4 Å². The molecule has 1 saturated carbocycles. The first-order valence-corrected chi connectivity index (χ1v) is 13.7. The lowest BCUT2D eigenvalue weighted by Crippen LogP contribution is -2.54. The zero-order valence-electron chi connectivity index (χ0n) is 19.3. The van der Waals surface area contributed by atoms with Gasteiger partial charge in [0, 0.05) is 57.3 Å². The molecule has 2 aromatic rings. The van der Waals surface area contributed by atoms with Crippen LogP contribution in [0.5, 0.6) is 0 Å². The van der Waals surface area contributed by atoms with Crippen LogP contribution < -0.4 is 15.5 Å². The molecule has 2 aromatic heterocycles. The number of aryl methyl sites for hydroxylation is 1. The normalized spacial score (nSPS) is 22.9. The minimum atomic E-state index is -1.12. The Morgan fingerprint density at radius 1 is 1.17 bits per heavy atom. The summed E-state index contributed by atoms with van der Waals surface area (Å²) < 4.78 is 12.9. The lowest BCUT2D eigenvalue weighted by atomic mass is 9.76. The summed E-state index contributed by atoms with van der Waals surface area (Å²) in [5, 5.41) is 7.05. The molecular formula is C23H27ClN8O2S.